The summed E-state index contributed by atoms with van der Waals surface area (Å²) in [5.74, 6) is -1.61. The highest BCUT2D eigenvalue weighted by Gasteiger charge is 2.48. The molecule has 1 amide bonds. The van der Waals surface area contributed by atoms with Crippen molar-refractivity contribution >= 4 is 39.9 Å². The summed E-state index contributed by atoms with van der Waals surface area (Å²) < 4.78 is 17.1. The number of hydrogen-bond donors (Lipinski definition) is 1. The van der Waals surface area contributed by atoms with Crippen molar-refractivity contribution in [2.24, 2.45) is 0 Å². The van der Waals surface area contributed by atoms with Crippen molar-refractivity contribution in [3.63, 3.8) is 0 Å². The maximum Gasteiger partial charge on any atom is 0.350 e. The molecule has 0 radical (unpaired) electrons. The first-order valence-electron chi connectivity index (χ1n) is 15.9. The molecule has 1 aliphatic heterocycles. The molecular formula is C40H34N2O7S. The number of Topliss-reactive ketones (excluding diaryl/α,β-unsaturated/α-hetero) is 1. The van der Waals surface area contributed by atoms with Crippen LogP contribution in [0.5, 0.6) is 11.5 Å². The smallest absolute Gasteiger partial charge is 0.350 e. The molecule has 0 aliphatic carbocycles. The molecule has 5 aromatic rings. The van der Waals surface area contributed by atoms with Gasteiger partial charge in [-0.1, -0.05) is 90.7 Å². The fraction of sp³-hybridized carbons (Fsp3) is 0.150. The molecule has 1 fully saturated rings. The van der Waals surface area contributed by atoms with Crippen molar-refractivity contribution in [3.05, 3.63) is 160 Å². The minimum Gasteiger partial charge on any atom is -0.507 e. The van der Waals surface area contributed by atoms with Gasteiger partial charge in [0.2, 0.25) is 0 Å². The number of aliphatic hydroxyl groups is 1. The van der Waals surface area contributed by atoms with E-state index >= 15 is 0 Å². The van der Waals surface area contributed by atoms with Crippen LogP contribution in [0.2, 0.25) is 0 Å². The standard InChI is InChI=1S/C40H34N2O7S/c1-4-22-47-39(46)37-26(3)41-40(50-37)42-34(28-14-18-31(19-15-28)48-23-27-11-6-5-7-12-27)33(36(44)38(42)45)35(43)29-16-20-32(21-17-29)49-24-30-13-9-8-10-25(30)2/h4-21,34,43H,1,22-24H2,2-3H3/b35-33+. The number of aromatic nitrogens is 1. The predicted octanol–water partition coefficient (Wildman–Crippen LogP) is 7.89. The Morgan fingerprint density at radius 3 is 2.20 bits per heavy atom. The van der Waals surface area contributed by atoms with Gasteiger partial charge in [0, 0.05) is 5.56 Å². The van der Waals surface area contributed by atoms with Crippen LogP contribution in [-0.4, -0.2) is 34.4 Å². The van der Waals surface area contributed by atoms with Gasteiger partial charge in [-0.25, -0.2) is 9.78 Å². The van der Waals surface area contributed by atoms with E-state index in [4.69, 9.17) is 14.2 Å². The molecule has 252 valence electrons. The van der Waals surface area contributed by atoms with Crippen LogP contribution in [0.4, 0.5) is 5.13 Å². The SMILES string of the molecule is C=CCOC(=O)c1sc(N2C(=O)C(=O)/C(=C(/O)c3ccc(OCc4ccccc4C)cc3)C2c2ccc(OCc3ccccc3)cc2)nc1C. The minimum atomic E-state index is -1.06. The molecule has 6 rings (SSSR count). The lowest BCUT2D eigenvalue weighted by Crippen LogP contribution is -2.29. The van der Waals surface area contributed by atoms with E-state index in [1.807, 2.05) is 61.5 Å². The van der Waals surface area contributed by atoms with Gasteiger partial charge in [-0.05, 0) is 72.5 Å². The fourth-order valence-corrected chi connectivity index (χ4v) is 6.49. The van der Waals surface area contributed by atoms with Crippen LogP contribution in [0.15, 0.2) is 121 Å². The van der Waals surface area contributed by atoms with Gasteiger partial charge in [0.25, 0.3) is 5.78 Å². The number of nitrogens with zero attached hydrogens (tertiary/aromatic N) is 2. The summed E-state index contributed by atoms with van der Waals surface area (Å²) >= 11 is 0.932. The second kappa shape index (κ2) is 15.0. The molecule has 0 spiro atoms. The Hall–Kier alpha value is -6.00. The topological polar surface area (TPSA) is 115 Å². The molecule has 0 bridgehead atoms. The number of anilines is 1. The Labute approximate surface area is 293 Å². The third-order valence-corrected chi connectivity index (χ3v) is 9.32. The maximum absolute atomic E-state index is 13.8. The van der Waals surface area contributed by atoms with Gasteiger partial charge in [-0.15, -0.1) is 0 Å². The molecule has 1 N–H and O–H groups in total. The third kappa shape index (κ3) is 7.20. The fourth-order valence-electron chi connectivity index (χ4n) is 5.50. The molecule has 0 saturated carbocycles. The number of aliphatic hydroxyl groups excluding tert-OH is 1. The number of carbonyl (C=O) groups is 3. The lowest BCUT2D eigenvalue weighted by atomic mass is 9.95. The molecule has 1 aromatic heterocycles. The number of rotatable bonds is 12. The number of carbonyl (C=O) groups excluding carboxylic acids is 3. The molecule has 10 heteroatoms. The van der Waals surface area contributed by atoms with Crippen molar-refractivity contribution in [3.8, 4) is 11.5 Å². The second-order valence-corrected chi connectivity index (χ2v) is 12.5. The first-order valence-corrected chi connectivity index (χ1v) is 16.7. The Morgan fingerprint density at radius 2 is 1.52 bits per heavy atom. The summed E-state index contributed by atoms with van der Waals surface area (Å²) in [5, 5.41) is 11.8. The van der Waals surface area contributed by atoms with Gasteiger partial charge >= 0.3 is 11.9 Å². The van der Waals surface area contributed by atoms with Crippen LogP contribution in [0, 0.1) is 13.8 Å². The van der Waals surface area contributed by atoms with Gasteiger partial charge < -0.3 is 19.3 Å². The van der Waals surface area contributed by atoms with Crippen LogP contribution < -0.4 is 14.4 Å². The molecule has 4 aromatic carbocycles. The highest BCUT2D eigenvalue weighted by atomic mass is 32.1. The van der Waals surface area contributed by atoms with E-state index in [-0.39, 0.29) is 27.9 Å². The summed E-state index contributed by atoms with van der Waals surface area (Å²) in [6, 6.07) is 30.2. The highest BCUT2D eigenvalue weighted by molar-refractivity contribution is 7.17. The van der Waals surface area contributed by atoms with E-state index in [1.165, 1.54) is 11.0 Å². The summed E-state index contributed by atoms with van der Waals surface area (Å²) in [5.41, 5.74) is 4.22. The predicted molar refractivity (Wildman–Crippen MR) is 191 cm³/mol. The number of amides is 1. The van der Waals surface area contributed by atoms with Crippen molar-refractivity contribution in [1.29, 1.82) is 0 Å². The molecule has 1 aliphatic rings. The van der Waals surface area contributed by atoms with Crippen LogP contribution in [0.3, 0.4) is 0 Å². The summed E-state index contributed by atoms with van der Waals surface area (Å²) in [6.45, 7) is 7.93. The van der Waals surface area contributed by atoms with E-state index in [0.29, 0.717) is 41.5 Å². The van der Waals surface area contributed by atoms with Crippen LogP contribution >= 0.6 is 11.3 Å². The molecular weight excluding hydrogens is 653 g/mol. The zero-order valence-corrected chi connectivity index (χ0v) is 28.3. The number of thiazole rings is 1. The van der Waals surface area contributed by atoms with Crippen molar-refractivity contribution in [2.45, 2.75) is 33.1 Å². The van der Waals surface area contributed by atoms with Gasteiger partial charge in [0.1, 0.15) is 42.0 Å². The molecule has 9 nitrogen and oxygen atoms in total. The molecule has 2 heterocycles. The number of aryl methyl sites for hydroxylation is 2. The number of benzene rings is 4. The second-order valence-electron chi connectivity index (χ2n) is 11.6. The summed E-state index contributed by atoms with van der Waals surface area (Å²) in [4.78, 5) is 46.1. The average Bonchev–Trinajstić information content (AvgIpc) is 3.65. The van der Waals surface area contributed by atoms with Gasteiger partial charge in [0.15, 0.2) is 5.13 Å². The van der Waals surface area contributed by atoms with Crippen LogP contribution in [-0.2, 0) is 27.5 Å². The number of ketones is 1. The van der Waals surface area contributed by atoms with E-state index in [9.17, 15) is 19.5 Å². The van der Waals surface area contributed by atoms with Crippen LogP contribution in [0.1, 0.15) is 49.2 Å². The average molecular weight is 687 g/mol. The summed E-state index contributed by atoms with van der Waals surface area (Å²) in [6.07, 6.45) is 1.45. The minimum absolute atomic E-state index is 0.00440. The molecule has 1 saturated heterocycles. The Balaban J connectivity index is 1.34. The van der Waals surface area contributed by atoms with Gasteiger partial charge in [0.05, 0.1) is 17.3 Å². The van der Waals surface area contributed by atoms with E-state index in [2.05, 4.69) is 11.6 Å². The first kappa shape index (κ1) is 33.9. The van der Waals surface area contributed by atoms with Gasteiger partial charge in [-0.2, -0.15) is 0 Å². The van der Waals surface area contributed by atoms with Crippen LogP contribution in [0.25, 0.3) is 5.76 Å². The van der Waals surface area contributed by atoms with Crippen molar-refractivity contribution < 1.29 is 33.7 Å². The van der Waals surface area contributed by atoms with E-state index < -0.39 is 23.7 Å². The third-order valence-electron chi connectivity index (χ3n) is 8.18. The van der Waals surface area contributed by atoms with E-state index in [0.717, 1.165) is 28.0 Å². The maximum atomic E-state index is 13.8. The lowest BCUT2D eigenvalue weighted by molar-refractivity contribution is -0.132. The molecule has 1 unspecified atom stereocenters. The van der Waals surface area contributed by atoms with Crippen molar-refractivity contribution in [2.75, 3.05) is 11.5 Å². The Kier molecular flexibility index (Phi) is 10.2. The zero-order chi connectivity index (χ0) is 35.2. The highest BCUT2D eigenvalue weighted by Crippen LogP contribution is 2.44. The quantitative estimate of drug-likeness (QED) is 0.0464. The Bertz CT molecular complexity index is 2070. The summed E-state index contributed by atoms with van der Waals surface area (Å²) in [7, 11) is 0. The lowest BCUT2D eigenvalue weighted by Gasteiger charge is -2.23. The zero-order valence-electron chi connectivity index (χ0n) is 27.5. The first-order chi connectivity index (χ1) is 24.2. The number of ether oxygens (including phenoxy) is 3. The number of esters is 1. The molecule has 50 heavy (non-hydrogen) atoms. The largest absolute Gasteiger partial charge is 0.507 e. The van der Waals surface area contributed by atoms with Crippen molar-refractivity contribution in [1.82, 2.24) is 4.98 Å². The Morgan fingerprint density at radius 1 is 0.880 bits per heavy atom. The monoisotopic (exact) mass is 686 g/mol. The van der Waals surface area contributed by atoms with Gasteiger partial charge in [-0.3, -0.25) is 14.5 Å². The normalized spacial score (nSPS) is 15.2. The van der Waals surface area contributed by atoms with E-state index in [1.54, 1.807) is 55.5 Å². The molecule has 1 atom stereocenters. The number of hydrogen-bond acceptors (Lipinski definition) is 9.